The highest BCUT2D eigenvalue weighted by Gasteiger charge is 2.36. The van der Waals surface area contributed by atoms with Crippen molar-refractivity contribution < 1.29 is 42.4 Å². The summed E-state index contributed by atoms with van der Waals surface area (Å²) in [4.78, 5) is 52.9. The lowest BCUT2D eigenvalue weighted by Crippen LogP contribution is -2.60. The SMILES string of the molecule is CCOP(=O)(OCC)Oc1ccc(CC(NC(=O)NC(CC(C)C)C(=O)O)C(=O)NC(C(=O)NC(C)(C)CC(C)(C)C(N)=S)C(C)CC)cc1. The van der Waals surface area contributed by atoms with Crippen LogP contribution >= 0.6 is 20.0 Å². The van der Waals surface area contributed by atoms with E-state index in [-0.39, 0.29) is 43.6 Å². The maximum absolute atomic E-state index is 13.9. The van der Waals surface area contributed by atoms with E-state index in [0.717, 1.165) is 0 Å². The maximum atomic E-state index is 13.9. The summed E-state index contributed by atoms with van der Waals surface area (Å²) in [5.74, 6) is -2.41. The Morgan fingerprint density at radius 2 is 1.44 bits per heavy atom. The second kappa shape index (κ2) is 20.0. The highest BCUT2D eigenvalue weighted by atomic mass is 32.1. The van der Waals surface area contributed by atoms with Crippen molar-refractivity contribution in [3.05, 3.63) is 29.8 Å². The number of aliphatic carboxylic acids is 1. The third-order valence-electron chi connectivity index (χ3n) is 7.89. The van der Waals surface area contributed by atoms with Gasteiger partial charge in [0.2, 0.25) is 11.8 Å². The molecule has 0 aliphatic heterocycles. The molecule has 0 radical (unpaired) electrons. The number of carbonyl (C=O) groups excluding carboxylic acids is 3. The van der Waals surface area contributed by atoms with Crippen molar-refractivity contribution in [3.8, 4) is 5.75 Å². The van der Waals surface area contributed by atoms with Gasteiger partial charge in [-0.05, 0) is 70.1 Å². The number of hydrogen-bond acceptors (Lipinski definition) is 9. The molecule has 4 amide bonds. The Morgan fingerprint density at radius 1 is 0.900 bits per heavy atom. The van der Waals surface area contributed by atoms with Gasteiger partial charge in [-0.2, -0.15) is 0 Å². The molecule has 0 fully saturated rings. The molecule has 284 valence electrons. The van der Waals surface area contributed by atoms with Crippen LogP contribution in [-0.4, -0.2) is 70.8 Å². The number of urea groups is 1. The first kappa shape index (κ1) is 44.8. The van der Waals surface area contributed by atoms with E-state index in [1.165, 1.54) is 12.1 Å². The third-order valence-corrected chi connectivity index (χ3v) is 10.0. The second-order valence-electron chi connectivity index (χ2n) is 14.1. The smallest absolute Gasteiger partial charge is 0.480 e. The van der Waals surface area contributed by atoms with Gasteiger partial charge in [-0.15, -0.1) is 0 Å². The van der Waals surface area contributed by atoms with Gasteiger partial charge in [0.1, 0.15) is 23.9 Å². The van der Waals surface area contributed by atoms with Crippen molar-refractivity contribution in [2.75, 3.05) is 13.2 Å². The molecule has 0 aliphatic rings. The maximum Gasteiger partial charge on any atom is 0.530 e. The number of thiocarbonyl (C=S) groups is 1. The fourth-order valence-electron chi connectivity index (χ4n) is 5.32. The minimum absolute atomic E-state index is 0.0259. The fraction of sp³-hybridized carbons (Fsp3) is 0.676. The van der Waals surface area contributed by atoms with Crippen LogP contribution in [0, 0.1) is 17.3 Å². The zero-order chi connectivity index (χ0) is 38.4. The molecule has 1 aromatic rings. The van der Waals surface area contributed by atoms with E-state index in [1.807, 2.05) is 55.4 Å². The topological polar surface area (TPSA) is 207 Å². The number of phosphoric ester groups is 1. The minimum Gasteiger partial charge on any atom is -0.480 e. The molecule has 4 unspecified atom stereocenters. The Kier molecular flexibility index (Phi) is 17.9. The average molecular weight is 744 g/mol. The summed E-state index contributed by atoms with van der Waals surface area (Å²) in [5, 5.41) is 20.5. The van der Waals surface area contributed by atoms with Crippen LogP contribution in [0.15, 0.2) is 24.3 Å². The molecule has 1 rings (SSSR count). The quantitative estimate of drug-likeness (QED) is 0.0682. The Balaban J connectivity index is 3.38. The van der Waals surface area contributed by atoms with Crippen molar-refractivity contribution in [1.82, 2.24) is 21.3 Å². The van der Waals surface area contributed by atoms with Gasteiger partial charge >= 0.3 is 19.8 Å². The first-order valence-electron chi connectivity index (χ1n) is 17.0. The standard InChI is InChI=1S/C34H58N5O9PS/c1-11-22(6)27(29(41)39-34(9,10)20-33(7,8)31(35)50)38-28(40)25(36-32(44)37-26(30(42)43)18-21(4)5)19-23-14-16-24(17-15-23)48-49(45,46-12-2)47-13-3/h14-17,21-22,25-27H,11-13,18-20H2,1-10H3,(H2,35,50)(H,38,40)(H,39,41)(H,42,43)(H2,36,37,44). The molecule has 4 atom stereocenters. The summed E-state index contributed by atoms with van der Waals surface area (Å²) in [6.07, 6.45) is 1.13. The molecule has 0 saturated carbocycles. The van der Waals surface area contributed by atoms with Crippen molar-refractivity contribution in [3.63, 3.8) is 0 Å². The fourth-order valence-corrected chi connectivity index (χ4v) is 6.59. The molecule has 0 heterocycles. The number of carboxylic acid groups (broad SMARTS) is 1. The Morgan fingerprint density at radius 3 is 1.90 bits per heavy atom. The highest BCUT2D eigenvalue weighted by Crippen LogP contribution is 2.49. The second-order valence-corrected chi connectivity index (χ2v) is 16.1. The van der Waals surface area contributed by atoms with E-state index < -0.39 is 60.7 Å². The monoisotopic (exact) mass is 743 g/mol. The average Bonchev–Trinajstić information content (AvgIpc) is 2.98. The molecule has 0 spiro atoms. The van der Waals surface area contributed by atoms with Crippen molar-refractivity contribution in [2.45, 2.75) is 119 Å². The predicted molar refractivity (Wildman–Crippen MR) is 197 cm³/mol. The number of rotatable bonds is 22. The molecule has 0 saturated heterocycles. The predicted octanol–water partition coefficient (Wildman–Crippen LogP) is 5.08. The van der Waals surface area contributed by atoms with E-state index in [9.17, 15) is 28.8 Å². The molecular weight excluding hydrogens is 685 g/mol. The third kappa shape index (κ3) is 15.3. The first-order valence-corrected chi connectivity index (χ1v) is 18.8. The number of hydrogen-bond donors (Lipinski definition) is 6. The zero-order valence-corrected chi connectivity index (χ0v) is 32.8. The number of carbonyl (C=O) groups is 4. The molecule has 50 heavy (non-hydrogen) atoms. The van der Waals surface area contributed by atoms with Gasteiger partial charge in [0.05, 0.1) is 18.2 Å². The lowest BCUT2D eigenvalue weighted by atomic mass is 9.79. The number of nitrogens with two attached hydrogens (primary N) is 1. The Labute approximate surface area is 302 Å². The van der Waals surface area contributed by atoms with Crippen LogP contribution < -0.4 is 31.5 Å². The largest absolute Gasteiger partial charge is 0.530 e. The Hall–Kier alpha value is -3.26. The van der Waals surface area contributed by atoms with Gasteiger partial charge in [-0.3, -0.25) is 18.6 Å². The first-order chi connectivity index (χ1) is 23.1. The molecule has 0 aliphatic carbocycles. The molecule has 7 N–H and O–H groups in total. The van der Waals surface area contributed by atoms with E-state index in [0.29, 0.717) is 23.4 Å². The van der Waals surface area contributed by atoms with Gasteiger partial charge in [-0.1, -0.05) is 72.3 Å². The lowest BCUT2D eigenvalue weighted by molar-refractivity contribution is -0.139. The molecule has 14 nitrogen and oxygen atoms in total. The van der Waals surface area contributed by atoms with Crippen molar-refractivity contribution in [1.29, 1.82) is 0 Å². The summed E-state index contributed by atoms with van der Waals surface area (Å²) in [6.45, 7) is 18.4. The van der Waals surface area contributed by atoms with E-state index in [1.54, 1.807) is 26.0 Å². The summed E-state index contributed by atoms with van der Waals surface area (Å²) >= 11 is 5.22. The van der Waals surface area contributed by atoms with Crippen LogP contribution in [0.4, 0.5) is 4.79 Å². The zero-order valence-electron chi connectivity index (χ0n) is 31.1. The van der Waals surface area contributed by atoms with Crippen LogP contribution in [-0.2, 0) is 34.4 Å². The van der Waals surface area contributed by atoms with Crippen LogP contribution in [0.2, 0.25) is 0 Å². The van der Waals surface area contributed by atoms with E-state index in [4.69, 9.17) is 31.5 Å². The lowest BCUT2D eigenvalue weighted by Gasteiger charge is -2.37. The van der Waals surface area contributed by atoms with Gasteiger partial charge in [0.15, 0.2) is 0 Å². The van der Waals surface area contributed by atoms with Gasteiger partial charge < -0.3 is 36.6 Å². The minimum atomic E-state index is -3.85. The van der Waals surface area contributed by atoms with Crippen LogP contribution in [0.1, 0.15) is 94.1 Å². The molecule has 0 aromatic heterocycles. The number of phosphoric acid groups is 1. The van der Waals surface area contributed by atoms with E-state index in [2.05, 4.69) is 21.3 Å². The van der Waals surface area contributed by atoms with Gasteiger partial charge in [-0.25, -0.2) is 14.2 Å². The normalized spacial score (nSPS) is 14.5. The van der Waals surface area contributed by atoms with Gasteiger partial charge in [0, 0.05) is 17.4 Å². The summed E-state index contributed by atoms with van der Waals surface area (Å²) < 4.78 is 28.7. The van der Waals surface area contributed by atoms with E-state index >= 15 is 0 Å². The van der Waals surface area contributed by atoms with Crippen molar-refractivity contribution in [2.24, 2.45) is 23.0 Å². The Bertz CT molecular complexity index is 1350. The summed E-state index contributed by atoms with van der Waals surface area (Å²) in [5.41, 5.74) is 5.22. The molecule has 1 aromatic carbocycles. The molecule has 0 bridgehead atoms. The number of benzene rings is 1. The van der Waals surface area contributed by atoms with Crippen LogP contribution in [0.5, 0.6) is 5.75 Å². The highest BCUT2D eigenvalue weighted by molar-refractivity contribution is 7.80. The summed E-state index contributed by atoms with van der Waals surface area (Å²) in [6, 6.07) is 2.01. The molecule has 16 heteroatoms. The van der Waals surface area contributed by atoms with Crippen LogP contribution in [0.3, 0.4) is 0 Å². The van der Waals surface area contributed by atoms with Crippen LogP contribution in [0.25, 0.3) is 0 Å². The number of amides is 4. The molecular formula is C34H58N5O9PS. The van der Waals surface area contributed by atoms with Crippen molar-refractivity contribution >= 4 is 48.8 Å². The number of nitrogens with one attached hydrogen (secondary N) is 4. The summed E-state index contributed by atoms with van der Waals surface area (Å²) in [7, 11) is -3.85. The van der Waals surface area contributed by atoms with Gasteiger partial charge in [0.25, 0.3) is 0 Å². The number of carboxylic acids is 1.